The molecule has 0 atom stereocenters. The van der Waals surface area contributed by atoms with Gasteiger partial charge in [-0.3, -0.25) is 0 Å². The summed E-state index contributed by atoms with van der Waals surface area (Å²) in [5, 5.41) is 3.50. The predicted octanol–water partition coefficient (Wildman–Crippen LogP) is 2.31. The van der Waals surface area contributed by atoms with Gasteiger partial charge in [-0.15, -0.1) is 0 Å². The van der Waals surface area contributed by atoms with Crippen LogP contribution in [0.4, 0.5) is 0 Å². The molecule has 1 saturated carbocycles. The quantitative estimate of drug-likeness (QED) is 0.843. The van der Waals surface area contributed by atoms with Crippen molar-refractivity contribution in [3.8, 4) is 11.5 Å². The molecule has 1 aromatic carbocycles. The summed E-state index contributed by atoms with van der Waals surface area (Å²) in [6, 6.07) is 6.06. The molecule has 0 saturated heterocycles. The van der Waals surface area contributed by atoms with Crippen molar-refractivity contribution in [1.29, 1.82) is 0 Å². The zero-order valence-corrected chi connectivity index (χ0v) is 9.58. The Balaban J connectivity index is 1.63. The highest BCUT2D eigenvalue weighted by molar-refractivity contribution is 5.48. The zero-order chi connectivity index (χ0) is 11.0. The first-order valence-corrected chi connectivity index (χ1v) is 5.85. The van der Waals surface area contributed by atoms with Crippen molar-refractivity contribution in [1.82, 2.24) is 5.32 Å². The maximum atomic E-state index is 5.47. The third-order valence-electron chi connectivity index (χ3n) is 3.45. The molecule has 0 unspecified atom stereocenters. The molecule has 16 heavy (non-hydrogen) atoms. The third kappa shape index (κ3) is 1.87. The van der Waals surface area contributed by atoms with Crippen molar-refractivity contribution in [2.75, 3.05) is 13.3 Å². The lowest BCUT2D eigenvalue weighted by Crippen LogP contribution is -2.21. The largest absolute Gasteiger partial charge is 0.454 e. The Morgan fingerprint density at radius 2 is 2.19 bits per heavy atom. The van der Waals surface area contributed by atoms with Crippen molar-refractivity contribution in [3.63, 3.8) is 0 Å². The fraction of sp³-hybridized carbons (Fsp3) is 0.538. The van der Waals surface area contributed by atoms with E-state index in [1.807, 2.05) is 12.1 Å². The molecule has 0 amide bonds. The van der Waals surface area contributed by atoms with Gasteiger partial charge in [0.05, 0.1) is 0 Å². The molecule has 86 valence electrons. The predicted molar refractivity (Wildman–Crippen MR) is 61.6 cm³/mol. The van der Waals surface area contributed by atoms with Crippen LogP contribution in [-0.2, 0) is 6.54 Å². The standard InChI is InChI=1S/C13H17NO2/c1-13(5-6-13)8-14-7-10-3-2-4-11-12(10)16-9-15-11/h2-4,14H,5-9H2,1H3. The van der Waals surface area contributed by atoms with Gasteiger partial charge in [-0.25, -0.2) is 0 Å². The summed E-state index contributed by atoms with van der Waals surface area (Å²) in [6.45, 7) is 4.64. The number of hydrogen-bond donors (Lipinski definition) is 1. The van der Waals surface area contributed by atoms with Crippen molar-refractivity contribution in [2.24, 2.45) is 5.41 Å². The van der Waals surface area contributed by atoms with Gasteiger partial charge in [-0.2, -0.15) is 0 Å². The van der Waals surface area contributed by atoms with E-state index in [1.54, 1.807) is 0 Å². The number of fused-ring (bicyclic) bond motifs is 1. The lowest BCUT2D eigenvalue weighted by molar-refractivity contribution is 0.173. The van der Waals surface area contributed by atoms with Crippen LogP contribution < -0.4 is 14.8 Å². The lowest BCUT2D eigenvalue weighted by atomic mass is 10.1. The molecule has 1 aromatic rings. The van der Waals surface area contributed by atoms with Gasteiger partial charge in [0.25, 0.3) is 0 Å². The summed E-state index contributed by atoms with van der Waals surface area (Å²) < 4.78 is 10.8. The summed E-state index contributed by atoms with van der Waals surface area (Å²) in [5.41, 5.74) is 1.74. The van der Waals surface area contributed by atoms with Crippen LogP contribution in [-0.4, -0.2) is 13.3 Å². The molecule has 1 N–H and O–H groups in total. The van der Waals surface area contributed by atoms with Gasteiger partial charge < -0.3 is 14.8 Å². The highest BCUT2D eigenvalue weighted by Gasteiger charge is 2.36. The Bertz CT molecular complexity index is 399. The molecule has 0 aromatic heterocycles. The van der Waals surface area contributed by atoms with Crippen LogP contribution >= 0.6 is 0 Å². The topological polar surface area (TPSA) is 30.5 Å². The second-order valence-corrected chi connectivity index (χ2v) is 5.07. The summed E-state index contributed by atoms with van der Waals surface area (Å²) >= 11 is 0. The van der Waals surface area contributed by atoms with E-state index in [4.69, 9.17) is 9.47 Å². The average Bonchev–Trinajstić information content (AvgIpc) is 2.82. The number of rotatable bonds is 4. The average molecular weight is 219 g/mol. The van der Waals surface area contributed by atoms with Gasteiger partial charge in [0, 0.05) is 18.7 Å². The fourth-order valence-electron chi connectivity index (χ4n) is 2.02. The van der Waals surface area contributed by atoms with Gasteiger partial charge in [0.2, 0.25) is 6.79 Å². The summed E-state index contributed by atoms with van der Waals surface area (Å²) in [6.07, 6.45) is 2.71. The van der Waals surface area contributed by atoms with Crippen molar-refractivity contribution in [3.05, 3.63) is 23.8 Å². The molecule has 3 nitrogen and oxygen atoms in total. The monoisotopic (exact) mass is 219 g/mol. The molecule has 0 bridgehead atoms. The Hall–Kier alpha value is -1.22. The van der Waals surface area contributed by atoms with E-state index in [1.165, 1.54) is 18.4 Å². The smallest absolute Gasteiger partial charge is 0.231 e. The van der Waals surface area contributed by atoms with Gasteiger partial charge in [-0.1, -0.05) is 19.1 Å². The maximum absolute atomic E-state index is 5.47. The van der Waals surface area contributed by atoms with Crippen LogP contribution in [0.5, 0.6) is 11.5 Å². The minimum absolute atomic E-state index is 0.351. The molecule has 1 heterocycles. The first-order valence-electron chi connectivity index (χ1n) is 5.85. The zero-order valence-electron chi connectivity index (χ0n) is 9.58. The van der Waals surface area contributed by atoms with E-state index in [0.29, 0.717) is 12.2 Å². The lowest BCUT2D eigenvalue weighted by Gasteiger charge is -2.11. The van der Waals surface area contributed by atoms with Gasteiger partial charge >= 0.3 is 0 Å². The van der Waals surface area contributed by atoms with Crippen LogP contribution in [0.3, 0.4) is 0 Å². The van der Waals surface area contributed by atoms with E-state index in [2.05, 4.69) is 18.3 Å². The van der Waals surface area contributed by atoms with Gasteiger partial charge in [0.15, 0.2) is 11.5 Å². The Labute approximate surface area is 95.8 Å². The van der Waals surface area contributed by atoms with Crippen LogP contribution in [0.2, 0.25) is 0 Å². The molecular formula is C13H17NO2. The molecule has 0 spiro atoms. The first kappa shape index (κ1) is 9.97. The van der Waals surface area contributed by atoms with Crippen molar-refractivity contribution in [2.45, 2.75) is 26.3 Å². The molecule has 1 aliphatic heterocycles. The molecule has 1 fully saturated rings. The number of para-hydroxylation sites is 1. The summed E-state index contributed by atoms with van der Waals surface area (Å²) in [5.74, 6) is 1.79. The molecule has 3 heteroatoms. The second kappa shape index (κ2) is 3.67. The van der Waals surface area contributed by atoms with Gasteiger partial charge in [0.1, 0.15) is 0 Å². The van der Waals surface area contributed by atoms with E-state index >= 15 is 0 Å². The first-order chi connectivity index (χ1) is 7.77. The highest BCUT2D eigenvalue weighted by Crippen LogP contribution is 2.44. The normalized spacial score (nSPS) is 19.8. The van der Waals surface area contributed by atoms with E-state index in [9.17, 15) is 0 Å². The maximum Gasteiger partial charge on any atom is 0.231 e. The second-order valence-electron chi connectivity index (χ2n) is 5.07. The minimum atomic E-state index is 0.351. The minimum Gasteiger partial charge on any atom is -0.454 e. The number of nitrogens with one attached hydrogen (secondary N) is 1. The van der Waals surface area contributed by atoms with E-state index in [-0.39, 0.29) is 0 Å². The molecule has 0 radical (unpaired) electrons. The van der Waals surface area contributed by atoms with Crippen LogP contribution in [0.15, 0.2) is 18.2 Å². The highest BCUT2D eigenvalue weighted by atomic mass is 16.7. The van der Waals surface area contributed by atoms with Crippen molar-refractivity contribution >= 4 is 0 Å². The molecule has 3 rings (SSSR count). The van der Waals surface area contributed by atoms with Crippen LogP contribution in [0.25, 0.3) is 0 Å². The van der Waals surface area contributed by atoms with E-state index < -0.39 is 0 Å². The van der Waals surface area contributed by atoms with Crippen LogP contribution in [0, 0.1) is 5.41 Å². The fourth-order valence-corrected chi connectivity index (χ4v) is 2.02. The van der Waals surface area contributed by atoms with Gasteiger partial charge in [-0.05, 0) is 24.3 Å². The third-order valence-corrected chi connectivity index (χ3v) is 3.45. The number of benzene rings is 1. The Morgan fingerprint density at radius 1 is 1.31 bits per heavy atom. The molecule has 2 aliphatic rings. The van der Waals surface area contributed by atoms with E-state index in [0.717, 1.165) is 24.6 Å². The molecular weight excluding hydrogens is 202 g/mol. The number of ether oxygens (including phenoxy) is 2. The van der Waals surface area contributed by atoms with Crippen LogP contribution in [0.1, 0.15) is 25.3 Å². The Morgan fingerprint density at radius 3 is 3.00 bits per heavy atom. The number of hydrogen-bond acceptors (Lipinski definition) is 3. The summed E-state index contributed by atoms with van der Waals surface area (Å²) in [7, 11) is 0. The SMILES string of the molecule is CC1(CNCc2cccc3c2OCO3)CC1. The summed E-state index contributed by atoms with van der Waals surface area (Å²) in [4.78, 5) is 0. The van der Waals surface area contributed by atoms with Crippen molar-refractivity contribution < 1.29 is 9.47 Å². The molecule has 1 aliphatic carbocycles. The Kier molecular flexibility index (Phi) is 2.28.